The number of pyridine rings is 1. The molecule has 2 N–H and O–H groups in total. The maximum Gasteiger partial charge on any atom is 0.251 e. The van der Waals surface area contributed by atoms with Crippen LogP contribution in [0.25, 0.3) is 22.2 Å². The van der Waals surface area contributed by atoms with Gasteiger partial charge in [0.15, 0.2) is 0 Å². The van der Waals surface area contributed by atoms with Crippen LogP contribution in [0, 0.1) is 0 Å². The van der Waals surface area contributed by atoms with Crippen LogP contribution in [-0.2, 0) is 6.42 Å². The minimum Gasteiger partial charge on any atom is -0.370 e. The van der Waals surface area contributed by atoms with Crippen LogP contribution in [0.3, 0.4) is 0 Å². The number of alkyl halides is 2. The summed E-state index contributed by atoms with van der Waals surface area (Å²) in [4.78, 5) is 38.1. The predicted octanol–water partition coefficient (Wildman–Crippen LogP) is 2.88. The number of piperazine rings is 1. The van der Waals surface area contributed by atoms with Gasteiger partial charge in [-0.25, -0.2) is 28.7 Å². The molecular weight excluding hydrogens is 504 g/mol. The molecule has 202 valence electrons. The second-order valence-corrected chi connectivity index (χ2v) is 9.17. The van der Waals surface area contributed by atoms with E-state index in [1.54, 1.807) is 36.6 Å². The van der Waals surface area contributed by atoms with E-state index in [1.165, 1.54) is 6.33 Å². The molecule has 1 aliphatic heterocycles. The summed E-state index contributed by atoms with van der Waals surface area (Å²) >= 11 is 0. The van der Waals surface area contributed by atoms with Crippen molar-refractivity contribution in [3.05, 3.63) is 66.4 Å². The Bertz CT molecular complexity index is 1430. The van der Waals surface area contributed by atoms with Gasteiger partial charge in [-0.05, 0) is 18.1 Å². The lowest BCUT2D eigenvalue weighted by Crippen LogP contribution is -2.48. The average molecular weight is 534 g/mol. The number of amides is 1. The second-order valence-electron chi connectivity index (χ2n) is 9.17. The van der Waals surface area contributed by atoms with E-state index in [0.717, 1.165) is 22.0 Å². The van der Waals surface area contributed by atoms with Crippen molar-refractivity contribution in [2.24, 2.45) is 0 Å². The zero-order chi connectivity index (χ0) is 27.2. The van der Waals surface area contributed by atoms with E-state index in [1.807, 2.05) is 29.2 Å². The van der Waals surface area contributed by atoms with Crippen LogP contribution in [0.4, 0.5) is 20.5 Å². The van der Waals surface area contributed by atoms with Gasteiger partial charge in [0.05, 0.1) is 23.3 Å². The van der Waals surface area contributed by atoms with Gasteiger partial charge < -0.3 is 15.5 Å². The number of aromatic nitrogens is 5. The maximum atomic E-state index is 12.6. The van der Waals surface area contributed by atoms with E-state index in [0.29, 0.717) is 62.2 Å². The highest BCUT2D eigenvalue weighted by Crippen LogP contribution is 2.22. The molecule has 1 aliphatic rings. The summed E-state index contributed by atoms with van der Waals surface area (Å²) in [5.41, 5.74) is 3.86. The van der Waals surface area contributed by atoms with Crippen molar-refractivity contribution in [1.82, 2.24) is 35.1 Å². The Balaban J connectivity index is 1.21. The quantitative estimate of drug-likeness (QED) is 0.335. The molecule has 0 aliphatic carbocycles. The highest BCUT2D eigenvalue weighted by molar-refractivity contribution is 6.06. The lowest BCUT2D eigenvalue weighted by molar-refractivity contribution is 0.0852. The number of hydrogen-bond donors (Lipinski definition) is 2. The van der Waals surface area contributed by atoms with Gasteiger partial charge in [0, 0.05) is 75.4 Å². The SMILES string of the molecule is CNC(=O)c1ccnc2c(CCNc3cc(-c4cnc(N5CCN(CC(F)F)CC5)nc4)ncn3)cccc12. The molecule has 5 rings (SSSR count). The van der Waals surface area contributed by atoms with E-state index in [2.05, 4.69) is 35.6 Å². The largest absolute Gasteiger partial charge is 0.370 e. The van der Waals surface area contributed by atoms with Crippen LogP contribution in [0.5, 0.6) is 0 Å². The van der Waals surface area contributed by atoms with Gasteiger partial charge >= 0.3 is 0 Å². The molecule has 1 fully saturated rings. The first kappa shape index (κ1) is 26.3. The molecule has 0 unspecified atom stereocenters. The third kappa shape index (κ3) is 6.23. The van der Waals surface area contributed by atoms with E-state index in [4.69, 9.17) is 0 Å². The average Bonchev–Trinajstić information content (AvgIpc) is 2.97. The maximum absolute atomic E-state index is 12.6. The number of nitrogens with one attached hydrogen (secondary N) is 2. The summed E-state index contributed by atoms with van der Waals surface area (Å²) in [7, 11) is 1.61. The minimum atomic E-state index is -2.32. The number of carbonyl (C=O) groups excluding carboxylic acids is 1. The van der Waals surface area contributed by atoms with Crippen molar-refractivity contribution in [3.8, 4) is 11.3 Å². The van der Waals surface area contributed by atoms with Crippen LogP contribution in [0.15, 0.2) is 55.2 Å². The standard InChI is InChI=1S/C27H29F2N9O/c1-30-26(39)21-6-8-32-25-18(3-2-4-20(21)25)5-7-31-24-13-22(35-17-36-24)19-14-33-27(34-15-19)38-11-9-37(10-12-38)16-23(28)29/h2-4,6,8,13-15,17,23H,5,7,9-12,16H2,1H3,(H,30,39)(H,31,35,36). The van der Waals surface area contributed by atoms with Crippen LogP contribution < -0.4 is 15.5 Å². The van der Waals surface area contributed by atoms with Gasteiger partial charge in [-0.15, -0.1) is 0 Å². The summed E-state index contributed by atoms with van der Waals surface area (Å²) in [6.07, 6.45) is 4.93. The molecule has 4 aromatic rings. The molecule has 12 heteroatoms. The van der Waals surface area contributed by atoms with Crippen molar-refractivity contribution < 1.29 is 13.6 Å². The highest BCUT2D eigenvalue weighted by Gasteiger charge is 2.21. The van der Waals surface area contributed by atoms with E-state index in [-0.39, 0.29) is 12.5 Å². The summed E-state index contributed by atoms with van der Waals surface area (Å²) < 4.78 is 25.2. The van der Waals surface area contributed by atoms with Crippen LogP contribution in [-0.4, -0.2) is 88.5 Å². The third-order valence-corrected chi connectivity index (χ3v) is 6.68. The first-order valence-electron chi connectivity index (χ1n) is 12.7. The number of anilines is 2. The van der Waals surface area contributed by atoms with E-state index >= 15 is 0 Å². The summed E-state index contributed by atoms with van der Waals surface area (Å²) in [6, 6.07) is 9.40. The monoisotopic (exact) mass is 533 g/mol. The van der Waals surface area contributed by atoms with Crippen molar-refractivity contribution in [3.63, 3.8) is 0 Å². The summed E-state index contributed by atoms with van der Waals surface area (Å²) in [5, 5.41) is 6.82. The molecule has 39 heavy (non-hydrogen) atoms. The highest BCUT2D eigenvalue weighted by atomic mass is 19.3. The topological polar surface area (TPSA) is 112 Å². The van der Waals surface area contributed by atoms with Crippen LogP contribution >= 0.6 is 0 Å². The number of para-hydroxylation sites is 1. The van der Waals surface area contributed by atoms with E-state index in [9.17, 15) is 13.6 Å². The zero-order valence-electron chi connectivity index (χ0n) is 21.5. The lowest BCUT2D eigenvalue weighted by Gasteiger charge is -2.34. The number of rotatable bonds is 9. The normalized spacial score (nSPS) is 14.1. The molecule has 1 aromatic carbocycles. The molecule has 0 atom stereocenters. The van der Waals surface area contributed by atoms with E-state index < -0.39 is 6.43 Å². The second kappa shape index (κ2) is 12.0. The van der Waals surface area contributed by atoms with Gasteiger partial charge in [0.2, 0.25) is 5.95 Å². The number of benzene rings is 1. The Morgan fingerprint density at radius 1 is 1.03 bits per heavy atom. The Hall–Kier alpha value is -4.32. The van der Waals surface area contributed by atoms with Gasteiger partial charge in [-0.2, -0.15) is 0 Å². The van der Waals surface area contributed by atoms with Gasteiger partial charge in [0.25, 0.3) is 12.3 Å². The Morgan fingerprint density at radius 3 is 2.56 bits per heavy atom. The smallest absolute Gasteiger partial charge is 0.251 e. The van der Waals surface area contributed by atoms with Crippen molar-refractivity contribution in [1.29, 1.82) is 0 Å². The van der Waals surface area contributed by atoms with Crippen LogP contribution in [0.2, 0.25) is 0 Å². The molecular formula is C27H29F2N9O. The fraction of sp³-hybridized carbons (Fsp3) is 0.333. The van der Waals surface area contributed by atoms with Crippen LogP contribution in [0.1, 0.15) is 15.9 Å². The number of halogens is 2. The first-order valence-corrected chi connectivity index (χ1v) is 12.7. The summed E-state index contributed by atoms with van der Waals surface area (Å²) in [5.74, 6) is 1.10. The molecule has 4 heterocycles. The molecule has 0 spiro atoms. The third-order valence-electron chi connectivity index (χ3n) is 6.68. The molecule has 3 aromatic heterocycles. The fourth-order valence-corrected chi connectivity index (χ4v) is 4.65. The van der Waals surface area contributed by atoms with Gasteiger partial charge in [-0.1, -0.05) is 18.2 Å². The zero-order valence-corrected chi connectivity index (χ0v) is 21.5. The minimum absolute atomic E-state index is 0.143. The number of carbonyl (C=O) groups is 1. The van der Waals surface area contributed by atoms with Crippen molar-refractivity contribution in [2.75, 3.05) is 56.5 Å². The number of fused-ring (bicyclic) bond motifs is 1. The Morgan fingerprint density at radius 2 is 1.82 bits per heavy atom. The Labute approximate surface area is 224 Å². The van der Waals surface area contributed by atoms with Crippen molar-refractivity contribution in [2.45, 2.75) is 12.8 Å². The number of hydrogen-bond acceptors (Lipinski definition) is 9. The van der Waals surface area contributed by atoms with Gasteiger partial charge in [0.1, 0.15) is 12.1 Å². The lowest BCUT2D eigenvalue weighted by atomic mass is 10.0. The molecule has 0 saturated carbocycles. The van der Waals surface area contributed by atoms with Gasteiger partial charge in [-0.3, -0.25) is 14.7 Å². The molecule has 10 nitrogen and oxygen atoms in total. The molecule has 0 radical (unpaired) electrons. The van der Waals surface area contributed by atoms with Crippen molar-refractivity contribution >= 4 is 28.6 Å². The molecule has 1 amide bonds. The fourth-order valence-electron chi connectivity index (χ4n) is 4.65. The summed E-state index contributed by atoms with van der Waals surface area (Å²) in [6.45, 7) is 2.73. The molecule has 1 saturated heterocycles. The molecule has 0 bridgehead atoms. The first-order chi connectivity index (χ1) is 19.0. The Kier molecular flexibility index (Phi) is 8.11. The predicted molar refractivity (Wildman–Crippen MR) is 145 cm³/mol. The number of nitrogens with zero attached hydrogens (tertiary/aromatic N) is 7.